The molecule has 0 aromatic heterocycles. The van der Waals surface area contributed by atoms with Crippen molar-refractivity contribution in [1.82, 2.24) is 10.6 Å². The van der Waals surface area contributed by atoms with Crippen LogP contribution in [0.5, 0.6) is 5.75 Å². The predicted octanol–water partition coefficient (Wildman–Crippen LogP) is 2.83. The summed E-state index contributed by atoms with van der Waals surface area (Å²) in [6.07, 6.45) is 0. The van der Waals surface area contributed by atoms with Gasteiger partial charge in [0.25, 0.3) is 5.91 Å². The number of amides is 1. The number of benzene rings is 1. The molecular formula is C20H30N2O4S. The lowest BCUT2D eigenvalue weighted by atomic mass is 9.89. The number of carbonyl (C=O) groups excluding carboxylic acids is 3. The first kappa shape index (κ1) is 23.2. The fourth-order valence-corrected chi connectivity index (χ4v) is 3.63. The maximum atomic E-state index is 13.0. The summed E-state index contributed by atoms with van der Waals surface area (Å²) in [6, 6.07) is 2.56. The Bertz CT molecular complexity index is 703. The number of nitrogens with one attached hydrogen (secondary N) is 2. The number of thioether (sulfide) groups is 1. The van der Waals surface area contributed by atoms with Gasteiger partial charge in [-0.3, -0.25) is 14.4 Å². The number of ketones is 2. The summed E-state index contributed by atoms with van der Waals surface area (Å²) < 4.78 is 5.25. The first-order valence-corrected chi connectivity index (χ1v) is 10.1. The van der Waals surface area contributed by atoms with Gasteiger partial charge in [-0.15, -0.1) is 11.8 Å². The van der Waals surface area contributed by atoms with Crippen molar-refractivity contribution in [2.75, 3.05) is 19.9 Å². The molecule has 1 rings (SSSR count). The lowest BCUT2D eigenvalue weighted by Gasteiger charge is -2.20. The standard InChI is InChI=1S/C20H30N2O4S/c1-8-27-13(5)22-20(25)15-10-14(26-7)9-12(4)16(15)18(23)19(24)17(21-6)11(2)3/h9-11,13,17,21H,8H2,1-7H3,(H,22,25)/t13-,17+/m1/s1. The maximum Gasteiger partial charge on any atom is 0.253 e. The molecule has 0 aliphatic rings. The third-order valence-electron chi connectivity index (χ3n) is 4.25. The van der Waals surface area contributed by atoms with Crippen molar-refractivity contribution in [3.8, 4) is 5.75 Å². The van der Waals surface area contributed by atoms with Crippen molar-refractivity contribution >= 4 is 29.2 Å². The molecule has 0 bridgehead atoms. The van der Waals surface area contributed by atoms with Crippen LogP contribution in [0.25, 0.3) is 0 Å². The van der Waals surface area contributed by atoms with Gasteiger partial charge in [0, 0.05) is 5.56 Å². The second-order valence-corrected chi connectivity index (χ2v) is 8.26. The molecule has 150 valence electrons. The lowest BCUT2D eigenvalue weighted by molar-refractivity contribution is -0.117. The summed E-state index contributed by atoms with van der Waals surface area (Å²) in [5.74, 6) is -0.349. The SMILES string of the molecule is CCS[C@H](C)NC(=O)c1cc(OC)cc(C)c1C(=O)C(=O)[C@@H](NC)C(C)C. The van der Waals surface area contributed by atoms with Crippen LogP contribution in [0.1, 0.15) is 54.0 Å². The zero-order valence-electron chi connectivity index (χ0n) is 17.1. The molecule has 2 atom stereocenters. The van der Waals surface area contributed by atoms with E-state index in [1.165, 1.54) is 13.2 Å². The van der Waals surface area contributed by atoms with Gasteiger partial charge in [0.05, 0.1) is 24.1 Å². The van der Waals surface area contributed by atoms with Gasteiger partial charge in [0.2, 0.25) is 11.6 Å². The smallest absolute Gasteiger partial charge is 0.253 e. The average Bonchev–Trinajstić information content (AvgIpc) is 2.60. The number of Topliss-reactive ketones (excluding diaryl/α,β-unsaturated/α-hetero) is 2. The summed E-state index contributed by atoms with van der Waals surface area (Å²) in [4.78, 5) is 38.5. The summed E-state index contributed by atoms with van der Waals surface area (Å²) in [6.45, 7) is 9.31. The molecule has 1 aromatic carbocycles. The van der Waals surface area contributed by atoms with Gasteiger partial charge in [0.15, 0.2) is 0 Å². The van der Waals surface area contributed by atoms with Gasteiger partial charge in [-0.1, -0.05) is 20.8 Å². The van der Waals surface area contributed by atoms with E-state index in [9.17, 15) is 14.4 Å². The fourth-order valence-electron chi connectivity index (χ4n) is 2.94. The molecule has 1 aromatic rings. The van der Waals surface area contributed by atoms with E-state index in [2.05, 4.69) is 10.6 Å². The van der Waals surface area contributed by atoms with Crippen LogP contribution in [0.15, 0.2) is 12.1 Å². The van der Waals surface area contributed by atoms with Crippen LogP contribution < -0.4 is 15.4 Å². The molecule has 6 nitrogen and oxygen atoms in total. The first-order valence-electron chi connectivity index (χ1n) is 9.04. The molecule has 2 N–H and O–H groups in total. The Balaban J connectivity index is 3.38. The summed E-state index contributed by atoms with van der Waals surface area (Å²) in [7, 11) is 3.14. The average molecular weight is 395 g/mol. The van der Waals surface area contributed by atoms with Gasteiger partial charge < -0.3 is 15.4 Å². The number of hydrogen-bond donors (Lipinski definition) is 2. The molecular weight excluding hydrogens is 364 g/mol. The maximum absolute atomic E-state index is 13.0. The minimum atomic E-state index is -0.663. The number of carbonyl (C=O) groups is 3. The Morgan fingerprint density at radius 3 is 2.30 bits per heavy atom. The van der Waals surface area contributed by atoms with E-state index in [4.69, 9.17) is 4.74 Å². The number of methoxy groups -OCH3 is 1. The fraction of sp³-hybridized carbons (Fsp3) is 0.550. The van der Waals surface area contributed by atoms with Gasteiger partial charge in [-0.25, -0.2) is 0 Å². The number of rotatable bonds is 10. The molecule has 0 saturated heterocycles. The van der Waals surface area contributed by atoms with E-state index in [0.29, 0.717) is 11.3 Å². The summed E-state index contributed by atoms with van der Waals surface area (Å²) in [5.41, 5.74) is 0.826. The molecule has 0 unspecified atom stereocenters. The summed E-state index contributed by atoms with van der Waals surface area (Å²) in [5, 5.41) is 5.64. The van der Waals surface area contributed by atoms with E-state index in [1.807, 2.05) is 27.7 Å². The largest absolute Gasteiger partial charge is 0.497 e. The van der Waals surface area contributed by atoms with Crippen LogP contribution in [0, 0.1) is 12.8 Å². The quantitative estimate of drug-likeness (QED) is 0.361. The second kappa shape index (κ2) is 10.5. The normalized spacial score (nSPS) is 13.2. The summed E-state index contributed by atoms with van der Waals surface area (Å²) >= 11 is 1.58. The van der Waals surface area contributed by atoms with Gasteiger partial charge in [-0.2, -0.15) is 0 Å². The number of likely N-dealkylation sites (N-methyl/N-ethyl adjacent to an activating group) is 1. The number of aryl methyl sites for hydroxylation is 1. The van der Waals surface area contributed by atoms with Crippen molar-refractivity contribution in [2.45, 2.75) is 46.0 Å². The Labute approximate surface area is 165 Å². The highest BCUT2D eigenvalue weighted by atomic mass is 32.2. The topological polar surface area (TPSA) is 84.5 Å². The van der Waals surface area contributed by atoms with Crippen LogP contribution >= 0.6 is 11.8 Å². The zero-order chi connectivity index (χ0) is 20.7. The van der Waals surface area contributed by atoms with Crippen molar-refractivity contribution in [3.05, 3.63) is 28.8 Å². The van der Waals surface area contributed by atoms with E-state index >= 15 is 0 Å². The molecule has 7 heteroatoms. The minimum absolute atomic E-state index is 0.0525. The van der Waals surface area contributed by atoms with Crippen LogP contribution in [0.2, 0.25) is 0 Å². The van der Waals surface area contributed by atoms with Crippen molar-refractivity contribution < 1.29 is 19.1 Å². The second-order valence-electron chi connectivity index (χ2n) is 6.64. The molecule has 27 heavy (non-hydrogen) atoms. The Morgan fingerprint density at radius 1 is 1.19 bits per heavy atom. The number of ether oxygens (including phenoxy) is 1. The monoisotopic (exact) mass is 394 g/mol. The van der Waals surface area contributed by atoms with Crippen LogP contribution in [-0.4, -0.2) is 48.8 Å². The van der Waals surface area contributed by atoms with Crippen molar-refractivity contribution in [1.29, 1.82) is 0 Å². The highest BCUT2D eigenvalue weighted by Crippen LogP contribution is 2.24. The predicted molar refractivity (Wildman–Crippen MR) is 110 cm³/mol. The van der Waals surface area contributed by atoms with Crippen LogP contribution in [-0.2, 0) is 4.79 Å². The minimum Gasteiger partial charge on any atom is -0.497 e. The van der Waals surface area contributed by atoms with Crippen LogP contribution in [0.4, 0.5) is 0 Å². The van der Waals surface area contributed by atoms with E-state index in [0.717, 1.165) is 5.75 Å². The molecule has 0 fully saturated rings. The molecule has 0 spiro atoms. The lowest BCUT2D eigenvalue weighted by Crippen LogP contribution is -2.43. The molecule has 0 radical (unpaired) electrons. The zero-order valence-corrected chi connectivity index (χ0v) is 18.0. The van der Waals surface area contributed by atoms with Crippen molar-refractivity contribution in [3.63, 3.8) is 0 Å². The highest BCUT2D eigenvalue weighted by molar-refractivity contribution is 7.99. The molecule has 0 aliphatic heterocycles. The Morgan fingerprint density at radius 2 is 1.81 bits per heavy atom. The Kier molecular flexibility index (Phi) is 8.99. The molecule has 0 heterocycles. The van der Waals surface area contributed by atoms with Crippen LogP contribution in [0.3, 0.4) is 0 Å². The third-order valence-corrected chi connectivity index (χ3v) is 5.20. The van der Waals surface area contributed by atoms with E-state index in [-0.39, 0.29) is 22.4 Å². The first-order chi connectivity index (χ1) is 12.7. The third kappa shape index (κ3) is 5.81. The molecule has 0 saturated carbocycles. The highest BCUT2D eigenvalue weighted by Gasteiger charge is 2.31. The van der Waals surface area contributed by atoms with Gasteiger partial charge >= 0.3 is 0 Å². The molecule has 0 aliphatic carbocycles. The molecule has 1 amide bonds. The Hall–Kier alpha value is -1.86. The van der Waals surface area contributed by atoms with Crippen molar-refractivity contribution in [2.24, 2.45) is 5.92 Å². The number of hydrogen-bond acceptors (Lipinski definition) is 6. The van der Waals surface area contributed by atoms with E-state index < -0.39 is 23.5 Å². The van der Waals surface area contributed by atoms with Gasteiger partial charge in [0.1, 0.15) is 5.75 Å². The van der Waals surface area contributed by atoms with Gasteiger partial charge in [-0.05, 0) is 50.3 Å². The van der Waals surface area contributed by atoms with E-state index in [1.54, 1.807) is 31.8 Å².